The van der Waals surface area contributed by atoms with E-state index in [0.29, 0.717) is 0 Å². The molecule has 5 nitrogen and oxygen atoms in total. The third kappa shape index (κ3) is 2.34. The Bertz CT molecular complexity index is 245. The van der Waals surface area contributed by atoms with Gasteiger partial charge in [0.1, 0.15) is 6.33 Å². The number of methoxy groups -OCH3 is 1. The largest absolute Gasteiger partial charge is 0.463 e. The summed E-state index contributed by atoms with van der Waals surface area (Å²) in [5.74, 6) is -0.262. The van der Waals surface area contributed by atoms with Crippen molar-refractivity contribution in [3.05, 3.63) is 12.2 Å². The van der Waals surface area contributed by atoms with Crippen LogP contribution >= 0.6 is 0 Å². The normalized spacial score (nSPS) is 8.33. The Balaban J connectivity index is 0.000000561. The van der Waals surface area contributed by atoms with E-state index in [1.165, 1.54) is 18.1 Å². The molecular formula is C7H13N3O2. The fraction of sp³-hybridized carbons (Fsp3) is 0.571. The van der Waals surface area contributed by atoms with Crippen molar-refractivity contribution in [1.82, 2.24) is 14.8 Å². The van der Waals surface area contributed by atoms with Crippen molar-refractivity contribution < 1.29 is 9.53 Å². The Kier molecular flexibility index (Phi) is 4.67. The van der Waals surface area contributed by atoms with Gasteiger partial charge in [0, 0.05) is 7.05 Å². The fourth-order valence-corrected chi connectivity index (χ4v) is 0.572. The van der Waals surface area contributed by atoms with Gasteiger partial charge in [-0.05, 0) is 0 Å². The SMILES string of the molecule is CC.COC(=O)c1ncnn1C. The quantitative estimate of drug-likeness (QED) is 0.581. The van der Waals surface area contributed by atoms with E-state index in [2.05, 4.69) is 14.8 Å². The average molecular weight is 171 g/mol. The lowest BCUT2D eigenvalue weighted by atomic mass is 10.6. The van der Waals surface area contributed by atoms with Crippen LogP contribution in [0, 0.1) is 0 Å². The van der Waals surface area contributed by atoms with Crippen LogP contribution in [0.25, 0.3) is 0 Å². The van der Waals surface area contributed by atoms with E-state index in [1.54, 1.807) is 7.05 Å². The molecule has 12 heavy (non-hydrogen) atoms. The summed E-state index contributed by atoms with van der Waals surface area (Å²) in [5, 5.41) is 3.69. The van der Waals surface area contributed by atoms with Crippen LogP contribution in [0.1, 0.15) is 24.5 Å². The summed E-state index contributed by atoms with van der Waals surface area (Å²) in [6.45, 7) is 4.00. The third-order valence-electron chi connectivity index (χ3n) is 1.08. The van der Waals surface area contributed by atoms with E-state index in [9.17, 15) is 4.79 Å². The van der Waals surface area contributed by atoms with E-state index in [4.69, 9.17) is 0 Å². The summed E-state index contributed by atoms with van der Waals surface area (Å²) >= 11 is 0. The molecule has 0 spiro atoms. The molecule has 0 N–H and O–H groups in total. The first-order valence-electron chi connectivity index (χ1n) is 3.68. The van der Waals surface area contributed by atoms with Gasteiger partial charge in [-0.25, -0.2) is 14.5 Å². The first-order chi connectivity index (χ1) is 5.75. The highest BCUT2D eigenvalue weighted by Gasteiger charge is 2.10. The monoisotopic (exact) mass is 171 g/mol. The van der Waals surface area contributed by atoms with Gasteiger partial charge in [-0.2, -0.15) is 5.10 Å². The number of hydrogen-bond donors (Lipinski definition) is 0. The highest BCUT2D eigenvalue weighted by Crippen LogP contribution is 1.91. The Hall–Kier alpha value is -1.39. The van der Waals surface area contributed by atoms with E-state index >= 15 is 0 Å². The lowest BCUT2D eigenvalue weighted by Gasteiger charge is -1.94. The molecule has 68 valence electrons. The molecule has 0 atom stereocenters. The number of ether oxygens (including phenoxy) is 1. The number of aromatic nitrogens is 3. The van der Waals surface area contributed by atoms with Gasteiger partial charge >= 0.3 is 5.97 Å². The van der Waals surface area contributed by atoms with Crippen molar-refractivity contribution in [2.45, 2.75) is 13.8 Å². The summed E-state index contributed by atoms with van der Waals surface area (Å²) in [6.07, 6.45) is 1.30. The smallest absolute Gasteiger partial charge is 0.375 e. The maximum absolute atomic E-state index is 10.7. The highest BCUT2D eigenvalue weighted by atomic mass is 16.5. The van der Waals surface area contributed by atoms with Crippen LogP contribution in [0.3, 0.4) is 0 Å². The van der Waals surface area contributed by atoms with Crippen molar-refractivity contribution in [3.8, 4) is 0 Å². The molecular weight excluding hydrogens is 158 g/mol. The molecule has 0 aromatic carbocycles. The number of nitrogens with zero attached hydrogens (tertiary/aromatic N) is 3. The second kappa shape index (κ2) is 5.29. The first kappa shape index (κ1) is 10.6. The third-order valence-corrected chi connectivity index (χ3v) is 1.08. The van der Waals surface area contributed by atoms with Gasteiger partial charge in [0.05, 0.1) is 7.11 Å². The van der Waals surface area contributed by atoms with E-state index in [-0.39, 0.29) is 5.82 Å². The zero-order chi connectivity index (χ0) is 9.56. The molecule has 5 heteroatoms. The van der Waals surface area contributed by atoms with Crippen molar-refractivity contribution in [1.29, 1.82) is 0 Å². The lowest BCUT2D eigenvalue weighted by Crippen LogP contribution is -2.09. The number of rotatable bonds is 1. The van der Waals surface area contributed by atoms with Gasteiger partial charge in [-0.1, -0.05) is 13.8 Å². The van der Waals surface area contributed by atoms with Gasteiger partial charge in [0.2, 0.25) is 5.82 Å². The van der Waals surface area contributed by atoms with Crippen LogP contribution in [-0.2, 0) is 11.8 Å². The average Bonchev–Trinajstić information content (AvgIpc) is 2.54. The lowest BCUT2D eigenvalue weighted by molar-refractivity contribution is 0.0581. The van der Waals surface area contributed by atoms with Crippen LogP contribution in [0.2, 0.25) is 0 Å². The Morgan fingerprint density at radius 3 is 2.50 bits per heavy atom. The maximum Gasteiger partial charge on any atom is 0.375 e. The van der Waals surface area contributed by atoms with Gasteiger partial charge in [-0.3, -0.25) is 0 Å². The summed E-state index contributed by atoms with van der Waals surface area (Å²) in [5.41, 5.74) is 0. The molecule has 0 aliphatic heterocycles. The maximum atomic E-state index is 10.7. The molecule has 0 fully saturated rings. The first-order valence-corrected chi connectivity index (χ1v) is 3.68. The van der Waals surface area contributed by atoms with Crippen molar-refractivity contribution >= 4 is 5.97 Å². The second-order valence-electron chi connectivity index (χ2n) is 1.70. The standard InChI is InChI=1S/C5H7N3O2.C2H6/c1-8-4(5(9)10-2)6-3-7-8;1-2/h3H,1-2H3;1-2H3. The zero-order valence-electron chi connectivity index (χ0n) is 7.74. The van der Waals surface area contributed by atoms with Crippen LogP contribution in [0.15, 0.2) is 6.33 Å². The number of esters is 1. The van der Waals surface area contributed by atoms with Crippen LogP contribution in [0.4, 0.5) is 0 Å². The molecule has 1 rings (SSSR count). The molecule has 0 saturated carbocycles. The van der Waals surface area contributed by atoms with Gasteiger partial charge in [-0.15, -0.1) is 0 Å². The van der Waals surface area contributed by atoms with Gasteiger partial charge in [0.25, 0.3) is 0 Å². The molecule has 1 aromatic heterocycles. The number of hydrogen-bond acceptors (Lipinski definition) is 4. The predicted octanol–water partition coefficient (Wildman–Crippen LogP) is 0.628. The summed E-state index contributed by atoms with van der Waals surface area (Å²) in [4.78, 5) is 14.4. The summed E-state index contributed by atoms with van der Waals surface area (Å²) in [6, 6.07) is 0. The second-order valence-corrected chi connectivity index (χ2v) is 1.70. The Labute approximate surface area is 71.4 Å². The van der Waals surface area contributed by atoms with Crippen LogP contribution in [-0.4, -0.2) is 27.8 Å². The fourth-order valence-electron chi connectivity index (χ4n) is 0.572. The minimum absolute atomic E-state index is 0.211. The molecule has 0 amide bonds. The Morgan fingerprint density at radius 1 is 1.58 bits per heavy atom. The Morgan fingerprint density at radius 2 is 2.17 bits per heavy atom. The molecule has 0 radical (unpaired) electrons. The van der Waals surface area contributed by atoms with Crippen LogP contribution < -0.4 is 0 Å². The minimum atomic E-state index is -0.472. The molecule has 1 heterocycles. The molecule has 0 aliphatic rings. The number of carbonyl (C=O) groups is 1. The van der Waals surface area contributed by atoms with Gasteiger partial charge < -0.3 is 4.74 Å². The highest BCUT2D eigenvalue weighted by molar-refractivity contribution is 5.84. The van der Waals surface area contributed by atoms with Crippen molar-refractivity contribution in [2.75, 3.05) is 7.11 Å². The molecule has 0 aliphatic carbocycles. The van der Waals surface area contributed by atoms with Gasteiger partial charge in [0.15, 0.2) is 0 Å². The molecule has 0 bridgehead atoms. The number of aryl methyl sites for hydroxylation is 1. The van der Waals surface area contributed by atoms with Crippen molar-refractivity contribution in [2.24, 2.45) is 7.05 Å². The summed E-state index contributed by atoms with van der Waals surface area (Å²) < 4.78 is 5.77. The number of carbonyl (C=O) groups excluding carboxylic acids is 1. The topological polar surface area (TPSA) is 57.0 Å². The summed E-state index contributed by atoms with van der Waals surface area (Å²) in [7, 11) is 2.93. The zero-order valence-corrected chi connectivity index (χ0v) is 7.74. The van der Waals surface area contributed by atoms with Crippen molar-refractivity contribution in [3.63, 3.8) is 0 Å². The molecule has 1 aromatic rings. The molecule has 0 saturated heterocycles. The van der Waals surface area contributed by atoms with E-state index in [1.807, 2.05) is 13.8 Å². The minimum Gasteiger partial charge on any atom is -0.463 e. The predicted molar refractivity (Wildman–Crippen MR) is 43.7 cm³/mol. The van der Waals surface area contributed by atoms with E-state index in [0.717, 1.165) is 0 Å². The molecule has 0 unspecified atom stereocenters. The van der Waals surface area contributed by atoms with E-state index < -0.39 is 5.97 Å². The van der Waals surface area contributed by atoms with Crippen LogP contribution in [0.5, 0.6) is 0 Å².